The van der Waals surface area contributed by atoms with Gasteiger partial charge in [-0.05, 0) is 45.6 Å². The van der Waals surface area contributed by atoms with Crippen molar-refractivity contribution in [3.05, 3.63) is 10.6 Å². The maximum Gasteiger partial charge on any atom is 0.353 e. The van der Waals surface area contributed by atoms with E-state index in [1.54, 1.807) is 6.92 Å². The van der Waals surface area contributed by atoms with Crippen LogP contribution in [-0.4, -0.2) is 105 Å². The number of aliphatic imine (C=N–C) groups is 1. The van der Waals surface area contributed by atoms with Gasteiger partial charge in [0, 0.05) is 42.3 Å². The molecule has 0 saturated carbocycles. The van der Waals surface area contributed by atoms with Gasteiger partial charge in [-0.25, -0.2) is 4.79 Å². The van der Waals surface area contributed by atoms with Crippen molar-refractivity contribution < 1.29 is 24.6 Å². The number of fused-ring (bicyclic) bond motifs is 1. The van der Waals surface area contributed by atoms with E-state index < -0.39 is 18.0 Å². The van der Waals surface area contributed by atoms with Crippen LogP contribution in [0.25, 0.3) is 0 Å². The van der Waals surface area contributed by atoms with Crippen LogP contribution in [0.15, 0.2) is 15.6 Å². The number of carboxylic acids is 1. The highest BCUT2D eigenvalue weighted by atomic mass is 32.2. The molecule has 0 aromatic heterocycles. The molecule has 4 rings (SSSR count). The number of nitrogens with two attached hydrogens (primary N) is 2. The van der Waals surface area contributed by atoms with Crippen LogP contribution in [0.1, 0.15) is 39.5 Å². The van der Waals surface area contributed by atoms with Gasteiger partial charge in [0.25, 0.3) is 0 Å². The molecule has 0 aromatic carbocycles. The Morgan fingerprint density at radius 2 is 2.00 bits per heavy atom. The van der Waals surface area contributed by atoms with Gasteiger partial charge in [-0.3, -0.25) is 19.5 Å². The lowest BCUT2D eigenvalue weighted by atomic mass is 9.79. The number of likely N-dealkylation sites (tertiary alicyclic amines) is 2. The van der Waals surface area contributed by atoms with Gasteiger partial charge in [0.15, 0.2) is 5.96 Å². The van der Waals surface area contributed by atoms with Crippen molar-refractivity contribution >= 4 is 35.5 Å². The number of aliphatic hydroxyl groups excluding tert-OH is 1. The normalized spacial score (nSPS) is 33.1. The van der Waals surface area contributed by atoms with Gasteiger partial charge in [0.2, 0.25) is 11.8 Å². The monoisotopic (exact) mass is 522 g/mol. The number of amides is 2. The number of rotatable bonds is 9. The molecule has 0 aromatic rings. The van der Waals surface area contributed by atoms with Gasteiger partial charge in [0.05, 0.1) is 24.1 Å². The summed E-state index contributed by atoms with van der Waals surface area (Å²) in [6, 6.07) is -0.562. The Kier molecular flexibility index (Phi) is 7.86. The molecule has 4 heterocycles. The van der Waals surface area contributed by atoms with E-state index in [9.17, 15) is 24.6 Å². The Morgan fingerprint density at radius 3 is 2.64 bits per heavy atom. The highest BCUT2D eigenvalue weighted by Crippen LogP contribution is 2.52. The van der Waals surface area contributed by atoms with Crippen LogP contribution in [-0.2, 0) is 14.4 Å². The van der Waals surface area contributed by atoms with Crippen LogP contribution in [0.5, 0.6) is 0 Å². The van der Waals surface area contributed by atoms with Gasteiger partial charge in [-0.1, -0.05) is 6.92 Å². The number of aliphatic carboxylic acids is 1. The lowest BCUT2D eigenvalue weighted by Gasteiger charge is -2.46. The van der Waals surface area contributed by atoms with Gasteiger partial charge < -0.3 is 31.5 Å². The molecule has 3 fully saturated rings. The summed E-state index contributed by atoms with van der Waals surface area (Å²) in [6.45, 7) is 6.26. The molecule has 6 N–H and O–H groups in total. The second kappa shape index (κ2) is 10.6. The molecule has 0 spiro atoms. The number of carbonyl (C=O) groups excluding carboxylic acids is 2. The number of thioether (sulfide) groups is 1. The van der Waals surface area contributed by atoms with E-state index in [4.69, 9.17) is 11.5 Å². The largest absolute Gasteiger partial charge is 0.477 e. The molecule has 2 amide bonds. The van der Waals surface area contributed by atoms with E-state index in [0.717, 1.165) is 32.4 Å². The van der Waals surface area contributed by atoms with E-state index in [1.807, 2.05) is 18.9 Å². The smallest absolute Gasteiger partial charge is 0.353 e. The summed E-state index contributed by atoms with van der Waals surface area (Å²) in [5, 5.41) is 20.0. The number of aliphatic hydroxyl groups is 1. The first-order valence-corrected chi connectivity index (χ1v) is 13.6. The predicted octanol–water partition coefficient (Wildman–Crippen LogP) is -0.152. The van der Waals surface area contributed by atoms with Gasteiger partial charge in [0.1, 0.15) is 5.70 Å². The molecule has 11 nitrogen and oxygen atoms in total. The Bertz CT molecular complexity index is 967. The second-order valence-corrected chi connectivity index (χ2v) is 11.9. The molecule has 0 unspecified atom stereocenters. The van der Waals surface area contributed by atoms with Crippen LogP contribution >= 0.6 is 11.8 Å². The highest BCUT2D eigenvalue weighted by molar-refractivity contribution is 8.03. The summed E-state index contributed by atoms with van der Waals surface area (Å²) >= 11 is 1.48. The van der Waals surface area contributed by atoms with Crippen molar-refractivity contribution in [2.45, 2.75) is 63.0 Å². The minimum atomic E-state index is -1.12. The third-order valence-electron chi connectivity index (χ3n) is 8.06. The van der Waals surface area contributed by atoms with Gasteiger partial charge in [-0.2, -0.15) is 0 Å². The maximum absolute atomic E-state index is 13.4. The van der Waals surface area contributed by atoms with Crippen molar-refractivity contribution in [2.24, 2.45) is 34.2 Å². The number of β-lactam (4-membered cyclic amide) rings is 1. The van der Waals surface area contributed by atoms with Crippen LogP contribution in [0.4, 0.5) is 0 Å². The second-order valence-electron chi connectivity index (χ2n) is 10.6. The summed E-state index contributed by atoms with van der Waals surface area (Å²) < 4.78 is 0. The van der Waals surface area contributed by atoms with Crippen LogP contribution in [0, 0.1) is 17.8 Å². The standard InChI is InChI=1S/C24H38N6O5S/c1-12-18-17(13(2)31)22(33)30(18)19(23(34)35)20(12)36-15-9-16(28(3)11-15)21(32)29-8-6-14(10-29)5-4-7-27-24(25)26/h12-18,31H,4-11H2,1-3H3,(H,34,35)(H4,25,26,27)/t12-,13-,14+,15+,16+,17-,18-/m1/s1. The Hall–Kier alpha value is -2.31. The van der Waals surface area contributed by atoms with Crippen molar-refractivity contribution in [2.75, 3.05) is 33.2 Å². The number of hydrogen-bond acceptors (Lipinski definition) is 7. The minimum absolute atomic E-state index is 0.0416. The molecule has 36 heavy (non-hydrogen) atoms. The minimum Gasteiger partial charge on any atom is -0.477 e. The average Bonchev–Trinajstić information content (AvgIpc) is 3.47. The zero-order valence-corrected chi connectivity index (χ0v) is 22.0. The fourth-order valence-corrected chi connectivity index (χ4v) is 7.85. The lowest BCUT2D eigenvalue weighted by molar-refractivity contribution is -0.163. The van der Waals surface area contributed by atoms with Crippen LogP contribution < -0.4 is 11.5 Å². The third-order valence-corrected chi connectivity index (χ3v) is 9.56. The fourth-order valence-electron chi connectivity index (χ4n) is 6.25. The average molecular weight is 523 g/mol. The zero-order chi connectivity index (χ0) is 26.3. The van der Waals surface area contributed by atoms with Crippen LogP contribution in [0.2, 0.25) is 0 Å². The molecule has 7 atom stereocenters. The lowest BCUT2D eigenvalue weighted by Crippen LogP contribution is -2.63. The highest BCUT2D eigenvalue weighted by Gasteiger charge is 2.60. The Morgan fingerprint density at radius 1 is 1.28 bits per heavy atom. The predicted molar refractivity (Wildman–Crippen MR) is 137 cm³/mol. The maximum atomic E-state index is 13.4. The van der Waals surface area contributed by atoms with E-state index >= 15 is 0 Å². The number of carbonyl (C=O) groups is 3. The quantitative estimate of drug-likeness (QED) is 0.139. The SMILES string of the molecule is C[C@@H](O)[C@H]1C(=O)N2C(C(=O)O)=C(S[C@H]3C[C@@H](C(=O)N4CC[C@H](CCCN=C(N)N)C4)N(C)C3)[C@H](C)[C@H]12. The molecule has 0 aliphatic carbocycles. The number of hydrogen-bond donors (Lipinski definition) is 4. The molecule has 4 aliphatic heterocycles. The number of likely N-dealkylation sites (N-methyl/N-ethyl adjacent to an activating group) is 1. The summed E-state index contributed by atoms with van der Waals surface area (Å²) in [5.41, 5.74) is 10.8. The Labute approximate surface area is 215 Å². The first kappa shape index (κ1) is 26.7. The van der Waals surface area contributed by atoms with E-state index in [0.29, 0.717) is 30.3 Å². The number of guanidine groups is 1. The fraction of sp³-hybridized carbons (Fsp3) is 0.750. The molecule has 12 heteroatoms. The van der Waals surface area contributed by atoms with Crippen molar-refractivity contribution in [1.29, 1.82) is 0 Å². The Balaban J connectivity index is 1.36. The van der Waals surface area contributed by atoms with Gasteiger partial charge >= 0.3 is 5.97 Å². The molecule has 3 saturated heterocycles. The molecule has 0 radical (unpaired) electrons. The van der Waals surface area contributed by atoms with E-state index in [1.165, 1.54) is 16.7 Å². The number of carboxylic acid groups (broad SMARTS) is 1. The summed E-state index contributed by atoms with van der Waals surface area (Å²) in [6.07, 6.45) is 2.66. The molecule has 0 bridgehead atoms. The van der Waals surface area contributed by atoms with Gasteiger partial charge in [-0.15, -0.1) is 11.8 Å². The summed E-state index contributed by atoms with van der Waals surface area (Å²) in [7, 11) is 1.94. The third kappa shape index (κ3) is 4.95. The summed E-state index contributed by atoms with van der Waals surface area (Å²) in [4.78, 5) is 48.1. The van der Waals surface area contributed by atoms with E-state index in [2.05, 4.69) is 9.89 Å². The topological polar surface area (TPSA) is 166 Å². The molecule has 200 valence electrons. The number of nitrogens with zero attached hydrogens (tertiary/aromatic N) is 4. The molecular formula is C24H38N6O5S. The molecule has 4 aliphatic rings. The first-order chi connectivity index (χ1) is 17.0. The van der Waals surface area contributed by atoms with Crippen molar-refractivity contribution in [1.82, 2.24) is 14.7 Å². The summed E-state index contributed by atoms with van der Waals surface area (Å²) in [5.74, 6) is -1.50. The zero-order valence-electron chi connectivity index (χ0n) is 21.2. The molecular weight excluding hydrogens is 484 g/mol. The van der Waals surface area contributed by atoms with Crippen LogP contribution in [0.3, 0.4) is 0 Å². The van der Waals surface area contributed by atoms with Crippen molar-refractivity contribution in [3.8, 4) is 0 Å². The van der Waals surface area contributed by atoms with Crippen molar-refractivity contribution in [3.63, 3.8) is 0 Å². The van der Waals surface area contributed by atoms with E-state index in [-0.39, 0.29) is 46.7 Å². The first-order valence-electron chi connectivity index (χ1n) is 12.7.